The first-order valence-electron chi connectivity index (χ1n) is 5.09. The van der Waals surface area contributed by atoms with Crippen LogP contribution < -0.4 is 4.74 Å². The van der Waals surface area contributed by atoms with Crippen molar-refractivity contribution in [3.63, 3.8) is 0 Å². The molecule has 4 nitrogen and oxygen atoms in total. The minimum atomic E-state index is -0.507. The number of hydrogen-bond acceptors (Lipinski definition) is 3. The van der Waals surface area contributed by atoms with Crippen molar-refractivity contribution < 1.29 is 9.13 Å². The van der Waals surface area contributed by atoms with Crippen molar-refractivity contribution in [2.24, 2.45) is 7.05 Å². The second kappa shape index (κ2) is 4.78. The summed E-state index contributed by atoms with van der Waals surface area (Å²) in [4.78, 5) is 0. The predicted molar refractivity (Wildman–Crippen MR) is 66.8 cm³/mol. The molecule has 2 aromatic rings. The molecule has 0 aliphatic heterocycles. The van der Waals surface area contributed by atoms with E-state index in [9.17, 15) is 4.39 Å². The van der Waals surface area contributed by atoms with E-state index in [1.807, 2.05) is 6.07 Å². The highest BCUT2D eigenvalue weighted by molar-refractivity contribution is 9.10. The number of rotatable bonds is 2. The molecule has 0 unspecified atom stereocenters. The van der Waals surface area contributed by atoms with Crippen LogP contribution in [-0.4, -0.2) is 9.78 Å². The van der Waals surface area contributed by atoms with Gasteiger partial charge in [0.05, 0.1) is 5.69 Å². The molecule has 2 rings (SSSR count). The summed E-state index contributed by atoms with van der Waals surface area (Å²) in [6.45, 7) is 1.70. The van der Waals surface area contributed by atoms with E-state index in [-0.39, 0.29) is 11.6 Å². The second-order valence-corrected chi connectivity index (χ2v) is 4.59. The van der Waals surface area contributed by atoms with Gasteiger partial charge in [0.2, 0.25) is 5.88 Å². The van der Waals surface area contributed by atoms with Crippen LogP contribution in [0, 0.1) is 24.1 Å². The van der Waals surface area contributed by atoms with E-state index in [1.54, 1.807) is 20.0 Å². The van der Waals surface area contributed by atoms with Crippen molar-refractivity contribution in [1.29, 1.82) is 5.26 Å². The Morgan fingerprint density at radius 1 is 1.50 bits per heavy atom. The van der Waals surface area contributed by atoms with Gasteiger partial charge in [-0.25, -0.2) is 9.07 Å². The Hall–Kier alpha value is -1.87. The van der Waals surface area contributed by atoms with Crippen molar-refractivity contribution in [3.05, 3.63) is 39.7 Å². The summed E-state index contributed by atoms with van der Waals surface area (Å²) in [5, 5.41) is 13.1. The number of nitriles is 1. The van der Waals surface area contributed by atoms with Crippen molar-refractivity contribution >= 4 is 15.9 Å². The van der Waals surface area contributed by atoms with Crippen LogP contribution in [0.4, 0.5) is 4.39 Å². The second-order valence-electron chi connectivity index (χ2n) is 3.68. The van der Waals surface area contributed by atoms with Crippen molar-refractivity contribution in [2.45, 2.75) is 6.92 Å². The highest BCUT2D eigenvalue weighted by atomic mass is 79.9. The van der Waals surface area contributed by atoms with Gasteiger partial charge in [0.1, 0.15) is 11.6 Å². The van der Waals surface area contributed by atoms with Crippen LogP contribution in [0.5, 0.6) is 11.6 Å². The smallest absolute Gasteiger partial charge is 0.236 e. The number of benzene rings is 1. The van der Waals surface area contributed by atoms with Gasteiger partial charge in [-0.15, -0.1) is 0 Å². The first kappa shape index (κ1) is 12.6. The highest BCUT2D eigenvalue weighted by Gasteiger charge is 2.16. The number of nitrogens with zero attached hydrogens (tertiary/aromatic N) is 3. The highest BCUT2D eigenvalue weighted by Crippen LogP contribution is 2.29. The number of aromatic nitrogens is 2. The third-order valence-electron chi connectivity index (χ3n) is 2.38. The molecule has 0 spiro atoms. The van der Waals surface area contributed by atoms with E-state index in [1.165, 1.54) is 16.8 Å². The molecule has 0 aliphatic carbocycles. The molecular formula is C12H9BrFN3O. The summed E-state index contributed by atoms with van der Waals surface area (Å²) in [7, 11) is 1.64. The van der Waals surface area contributed by atoms with Crippen LogP contribution in [0.3, 0.4) is 0 Å². The van der Waals surface area contributed by atoms with Crippen LogP contribution in [0.2, 0.25) is 0 Å². The van der Waals surface area contributed by atoms with Crippen molar-refractivity contribution in [3.8, 4) is 17.7 Å². The quantitative estimate of drug-likeness (QED) is 0.855. The molecule has 0 saturated carbocycles. The molecule has 1 aromatic carbocycles. The maximum Gasteiger partial charge on any atom is 0.236 e. The first-order valence-corrected chi connectivity index (χ1v) is 5.89. The van der Waals surface area contributed by atoms with Crippen molar-refractivity contribution in [1.82, 2.24) is 9.78 Å². The summed E-state index contributed by atoms with van der Waals surface area (Å²) in [5.74, 6) is -0.221. The monoisotopic (exact) mass is 309 g/mol. The molecule has 1 aromatic heterocycles. The van der Waals surface area contributed by atoms with E-state index >= 15 is 0 Å². The van der Waals surface area contributed by atoms with Crippen LogP contribution in [0.25, 0.3) is 0 Å². The molecule has 0 N–H and O–H groups in total. The zero-order valence-electron chi connectivity index (χ0n) is 9.74. The summed E-state index contributed by atoms with van der Waals surface area (Å²) in [6, 6.07) is 6.44. The minimum Gasteiger partial charge on any atom is -0.435 e. The average Bonchev–Trinajstić information content (AvgIpc) is 2.57. The van der Waals surface area contributed by atoms with Gasteiger partial charge < -0.3 is 4.74 Å². The lowest BCUT2D eigenvalue weighted by Crippen LogP contribution is -1.97. The number of hydrogen-bond donors (Lipinski definition) is 0. The molecule has 0 amide bonds. The SMILES string of the molecule is Cc1nn(C)c(Oc2ccc(Br)cc2F)c1C#N. The van der Waals surface area contributed by atoms with Crippen LogP contribution in [-0.2, 0) is 7.05 Å². The Morgan fingerprint density at radius 2 is 2.22 bits per heavy atom. The molecule has 0 aliphatic rings. The molecule has 92 valence electrons. The fourth-order valence-electron chi connectivity index (χ4n) is 1.54. The van der Waals surface area contributed by atoms with E-state index in [0.717, 1.165) is 0 Å². The number of aryl methyl sites for hydroxylation is 2. The van der Waals surface area contributed by atoms with Gasteiger partial charge in [-0.3, -0.25) is 0 Å². The number of halogens is 2. The van der Waals surface area contributed by atoms with Crippen molar-refractivity contribution in [2.75, 3.05) is 0 Å². The van der Waals surface area contributed by atoms with Gasteiger partial charge in [-0.2, -0.15) is 10.4 Å². The third-order valence-corrected chi connectivity index (χ3v) is 2.88. The molecule has 0 fully saturated rings. The molecule has 1 heterocycles. The fourth-order valence-corrected chi connectivity index (χ4v) is 1.88. The normalized spacial score (nSPS) is 10.2. The van der Waals surface area contributed by atoms with E-state index in [0.29, 0.717) is 15.7 Å². The average molecular weight is 310 g/mol. The molecule has 0 atom stereocenters. The lowest BCUT2D eigenvalue weighted by molar-refractivity contribution is 0.402. The topological polar surface area (TPSA) is 50.8 Å². The van der Waals surface area contributed by atoms with Crippen LogP contribution in [0.1, 0.15) is 11.3 Å². The minimum absolute atomic E-state index is 0.0534. The van der Waals surface area contributed by atoms with E-state index < -0.39 is 5.82 Å². The van der Waals surface area contributed by atoms with Crippen LogP contribution >= 0.6 is 15.9 Å². The zero-order chi connectivity index (χ0) is 13.3. The van der Waals surface area contributed by atoms with E-state index in [4.69, 9.17) is 10.00 Å². The predicted octanol–water partition coefficient (Wildman–Crippen LogP) is 3.29. The lowest BCUT2D eigenvalue weighted by Gasteiger charge is -2.07. The summed E-state index contributed by atoms with van der Waals surface area (Å²) in [5.41, 5.74) is 0.854. The molecule has 18 heavy (non-hydrogen) atoms. The van der Waals surface area contributed by atoms with Gasteiger partial charge >= 0.3 is 0 Å². The van der Waals surface area contributed by atoms with Gasteiger partial charge in [0.15, 0.2) is 11.6 Å². The number of ether oxygens (including phenoxy) is 1. The Morgan fingerprint density at radius 3 is 2.83 bits per heavy atom. The Balaban J connectivity index is 2.43. The Labute approximate surface area is 112 Å². The molecule has 0 bridgehead atoms. The van der Waals surface area contributed by atoms with Crippen LogP contribution in [0.15, 0.2) is 22.7 Å². The first-order chi connectivity index (χ1) is 8.52. The summed E-state index contributed by atoms with van der Waals surface area (Å²) in [6.07, 6.45) is 0. The Bertz CT molecular complexity index is 646. The lowest BCUT2D eigenvalue weighted by atomic mass is 10.3. The maximum absolute atomic E-state index is 13.6. The standard InChI is InChI=1S/C12H9BrFN3O/c1-7-9(6-15)12(17(2)16-7)18-11-4-3-8(13)5-10(11)14/h3-5H,1-2H3. The van der Waals surface area contributed by atoms with Gasteiger partial charge in [0, 0.05) is 11.5 Å². The fraction of sp³-hybridized carbons (Fsp3) is 0.167. The largest absolute Gasteiger partial charge is 0.435 e. The van der Waals surface area contributed by atoms with Gasteiger partial charge in [-0.1, -0.05) is 15.9 Å². The maximum atomic E-state index is 13.6. The zero-order valence-corrected chi connectivity index (χ0v) is 11.3. The molecule has 0 radical (unpaired) electrons. The molecular weight excluding hydrogens is 301 g/mol. The molecule has 0 saturated heterocycles. The summed E-state index contributed by atoms with van der Waals surface area (Å²) >= 11 is 3.16. The van der Waals surface area contributed by atoms with E-state index in [2.05, 4.69) is 21.0 Å². The third kappa shape index (κ3) is 2.22. The van der Waals surface area contributed by atoms with Gasteiger partial charge in [0.25, 0.3) is 0 Å². The van der Waals surface area contributed by atoms with Gasteiger partial charge in [-0.05, 0) is 25.1 Å². The molecule has 6 heteroatoms. The summed E-state index contributed by atoms with van der Waals surface area (Å²) < 4.78 is 21.1. The Kier molecular flexibility index (Phi) is 3.34.